The smallest absolute Gasteiger partial charge is 0.339 e. The first-order valence-corrected chi connectivity index (χ1v) is 11.1. The summed E-state index contributed by atoms with van der Waals surface area (Å²) in [5.74, 6) is -2.42. The van der Waals surface area contributed by atoms with Gasteiger partial charge in [-0.3, -0.25) is 19.2 Å². The summed E-state index contributed by atoms with van der Waals surface area (Å²) >= 11 is 0. The molecule has 0 heterocycles. The van der Waals surface area contributed by atoms with Crippen molar-refractivity contribution in [3.63, 3.8) is 0 Å². The van der Waals surface area contributed by atoms with Crippen molar-refractivity contribution in [2.75, 3.05) is 36.6 Å². The number of nitrogens with one attached hydrogen (secondary N) is 1. The standard InChI is InChI=1S/C20H21N3O9S/c1-12-5-7-14(23(27)28)10-17(12)22(33(4,29)30)11-18(24)21-16-9-13(19(25)31-2)6-8-15(16)20(26)32-3/h5-10H,11H2,1-4H3,(H,21,24). The Balaban J connectivity index is 2.45. The van der Waals surface area contributed by atoms with Gasteiger partial charge in [-0.05, 0) is 30.7 Å². The highest BCUT2D eigenvalue weighted by Gasteiger charge is 2.25. The zero-order valence-electron chi connectivity index (χ0n) is 18.1. The highest BCUT2D eigenvalue weighted by Crippen LogP contribution is 2.28. The maximum atomic E-state index is 12.8. The molecule has 2 rings (SSSR count). The molecule has 1 amide bonds. The van der Waals surface area contributed by atoms with Gasteiger partial charge in [-0.15, -0.1) is 0 Å². The van der Waals surface area contributed by atoms with Crippen molar-refractivity contribution in [1.29, 1.82) is 0 Å². The molecule has 0 saturated heterocycles. The van der Waals surface area contributed by atoms with Gasteiger partial charge in [-0.2, -0.15) is 0 Å². The normalized spacial score (nSPS) is 10.8. The molecule has 2 aromatic rings. The molecule has 0 bridgehead atoms. The Morgan fingerprint density at radius 3 is 2.24 bits per heavy atom. The van der Waals surface area contributed by atoms with Crippen LogP contribution in [0.5, 0.6) is 0 Å². The second-order valence-electron chi connectivity index (χ2n) is 6.79. The van der Waals surface area contributed by atoms with Crippen molar-refractivity contribution in [3.8, 4) is 0 Å². The number of methoxy groups -OCH3 is 2. The number of nitro groups is 1. The lowest BCUT2D eigenvalue weighted by Crippen LogP contribution is -2.38. The number of nitro benzene ring substituents is 1. The third-order valence-electron chi connectivity index (χ3n) is 4.48. The van der Waals surface area contributed by atoms with Crippen LogP contribution >= 0.6 is 0 Å². The number of amides is 1. The number of ether oxygens (including phenoxy) is 2. The van der Waals surface area contributed by atoms with Gasteiger partial charge in [-0.1, -0.05) is 6.07 Å². The van der Waals surface area contributed by atoms with Gasteiger partial charge in [0.2, 0.25) is 15.9 Å². The number of nitrogens with zero attached hydrogens (tertiary/aromatic N) is 2. The molecular weight excluding hydrogens is 458 g/mol. The van der Waals surface area contributed by atoms with Crippen LogP contribution in [0.4, 0.5) is 17.1 Å². The number of rotatable bonds is 8. The summed E-state index contributed by atoms with van der Waals surface area (Å²) < 4.78 is 34.8. The Kier molecular flexibility index (Phi) is 7.72. The highest BCUT2D eigenvalue weighted by molar-refractivity contribution is 7.92. The Bertz CT molecular complexity index is 1230. The van der Waals surface area contributed by atoms with Gasteiger partial charge in [-0.25, -0.2) is 18.0 Å². The summed E-state index contributed by atoms with van der Waals surface area (Å²) in [4.78, 5) is 47.1. The van der Waals surface area contributed by atoms with Crippen LogP contribution in [0.1, 0.15) is 26.3 Å². The van der Waals surface area contributed by atoms with Crippen LogP contribution in [0.25, 0.3) is 0 Å². The van der Waals surface area contributed by atoms with E-state index in [1.165, 1.54) is 37.3 Å². The van der Waals surface area contributed by atoms with E-state index >= 15 is 0 Å². The van der Waals surface area contributed by atoms with Crippen molar-refractivity contribution < 1.29 is 37.2 Å². The average molecular weight is 479 g/mol. The number of benzene rings is 2. The molecule has 0 aliphatic rings. The van der Waals surface area contributed by atoms with Crippen LogP contribution in [-0.4, -0.2) is 58.2 Å². The van der Waals surface area contributed by atoms with Crippen LogP contribution in [0.15, 0.2) is 36.4 Å². The quantitative estimate of drug-likeness (QED) is 0.338. The van der Waals surface area contributed by atoms with Gasteiger partial charge in [0.25, 0.3) is 5.69 Å². The summed E-state index contributed by atoms with van der Waals surface area (Å²) in [6.45, 7) is 0.772. The van der Waals surface area contributed by atoms with Gasteiger partial charge in [0.1, 0.15) is 6.54 Å². The first kappa shape index (κ1) is 25.3. The van der Waals surface area contributed by atoms with Crippen molar-refractivity contribution in [3.05, 3.63) is 63.2 Å². The predicted molar refractivity (Wildman–Crippen MR) is 118 cm³/mol. The fourth-order valence-corrected chi connectivity index (χ4v) is 3.77. The Hall–Kier alpha value is -4.00. The molecule has 0 aliphatic heterocycles. The molecule has 0 atom stereocenters. The molecule has 12 nitrogen and oxygen atoms in total. The van der Waals surface area contributed by atoms with E-state index in [1.807, 2.05) is 0 Å². The van der Waals surface area contributed by atoms with Crippen LogP contribution in [0.3, 0.4) is 0 Å². The molecule has 2 aromatic carbocycles. The number of non-ortho nitro benzene ring substituents is 1. The lowest BCUT2D eigenvalue weighted by Gasteiger charge is -2.23. The third kappa shape index (κ3) is 6.04. The number of anilines is 2. The molecule has 0 fully saturated rings. The van der Waals surface area contributed by atoms with E-state index in [9.17, 15) is 32.9 Å². The molecule has 0 radical (unpaired) electrons. The minimum absolute atomic E-state index is 0.0231. The maximum Gasteiger partial charge on any atom is 0.339 e. The van der Waals surface area contributed by atoms with E-state index in [2.05, 4.69) is 14.8 Å². The van der Waals surface area contributed by atoms with Crippen molar-refractivity contribution in [2.45, 2.75) is 6.92 Å². The fraction of sp³-hybridized carbons (Fsp3) is 0.250. The van der Waals surface area contributed by atoms with Crippen LogP contribution in [0, 0.1) is 17.0 Å². The lowest BCUT2D eigenvalue weighted by atomic mass is 10.1. The second-order valence-corrected chi connectivity index (χ2v) is 8.70. The van der Waals surface area contributed by atoms with E-state index in [0.29, 0.717) is 9.87 Å². The third-order valence-corrected chi connectivity index (χ3v) is 5.61. The average Bonchev–Trinajstić information content (AvgIpc) is 2.76. The number of hydrogen-bond donors (Lipinski definition) is 1. The molecule has 0 spiro atoms. The second kappa shape index (κ2) is 10.1. The Labute approximate surface area is 189 Å². The first-order chi connectivity index (χ1) is 15.4. The minimum atomic E-state index is -4.04. The molecule has 33 heavy (non-hydrogen) atoms. The summed E-state index contributed by atoms with van der Waals surface area (Å²) in [6, 6.07) is 7.33. The summed E-state index contributed by atoms with van der Waals surface area (Å²) in [6.07, 6.45) is 0.844. The minimum Gasteiger partial charge on any atom is -0.465 e. The van der Waals surface area contributed by atoms with Crippen LogP contribution in [0.2, 0.25) is 0 Å². The number of carbonyl (C=O) groups excluding carboxylic acids is 3. The van der Waals surface area contributed by atoms with Gasteiger partial charge in [0, 0.05) is 12.1 Å². The van der Waals surface area contributed by atoms with Crippen molar-refractivity contribution in [2.24, 2.45) is 0 Å². The van der Waals surface area contributed by atoms with E-state index in [4.69, 9.17) is 0 Å². The fourth-order valence-electron chi connectivity index (χ4n) is 2.86. The van der Waals surface area contributed by atoms with E-state index in [1.54, 1.807) is 0 Å². The number of hydrogen-bond acceptors (Lipinski definition) is 9. The van der Waals surface area contributed by atoms with Crippen molar-refractivity contribution in [1.82, 2.24) is 0 Å². The van der Waals surface area contributed by atoms with Crippen LogP contribution in [-0.2, 0) is 24.3 Å². The highest BCUT2D eigenvalue weighted by atomic mass is 32.2. The first-order valence-electron chi connectivity index (χ1n) is 9.22. The predicted octanol–water partition coefficient (Wildman–Crippen LogP) is 1.88. The number of aryl methyl sites for hydroxylation is 1. The zero-order chi connectivity index (χ0) is 24.9. The Morgan fingerprint density at radius 2 is 1.70 bits per heavy atom. The van der Waals surface area contributed by atoms with Crippen molar-refractivity contribution >= 4 is 44.9 Å². The Morgan fingerprint density at radius 1 is 1.06 bits per heavy atom. The van der Waals surface area contributed by atoms with Gasteiger partial charge < -0.3 is 14.8 Å². The number of carbonyl (C=O) groups is 3. The summed E-state index contributed by atoms with van der Waals surface area (Å²) in [5.41, 5.74) is -0.214. The topological polar surface area (TPSA) is 162 Å². The SMILES string of the molecule is COC(=O)c1ccc(C(=O)OC)c(NC(=O)CN(c2cc([N+](=O)[O-])ccc2C)S(C)(=O)=O)c1. The molecule has 0 aliphatic carbocycles. The monoisotopic (exact) mass is 479 g/mol. The van der Waals surface area contributed by atoms with Gasteiger partial charge in [0.05, 0.1) is 47.9 Å². The molecule has 176 valence electrons. The van der Waals surface area contributed by atoms with E-state index in [-0.39, 0.29) is 28.2 Å². The van der Waals surface area contributed by atoms with E-state index in [0.717, 1.165) is 26.5 Å². The van der Waals surface area contributed by atoms with Crippen LogP contribution < -0.4 is 9.62 Å². The summed E-state index contributed by atoms with van der Waals surface area (Å²) in [5, 5.41) is 13.5. The molecule has 0 saturated carbocycles. The van der Waals surface area contributed by atoms with Gasteiger partial charge in [0.15, 0.2) is 0 Å². The zero-order valence-corrected chi connectivity index (χ0v) is 19.0. The number of esters is 2. The van der Waals surface area contributed by atoms with Gasteiger partial charge >= 0.3 is 11.9 Å². The maximum absolute atomic E-state index is 12.8. The molecule has 0 aromatic heterocycles. The van der Waals surface area contributed by atoms with E-state index < -0.39 is 39.3 Å². The molecule has 1 N–H and O–H groups in total. The largest absolute Gasteiger partial charge is 0.465 e. The molecule has 13 heteroatoms. The molecule has 0 unspecified atom stereocenters. The summed E-state index contributed by atoms with van der Waals surface area (Å²) in [7, 11) is -1.77. The lowest BCUT2D eigenvalue weighted by molar-refractivity contribution is -0.384. The number of sulfonamides is 1. The molecular formula is C20H21N3O9S.